The maximum Gasteiger partial charge on any atom is 0.158 e. The number of rotatable bonds is 4. The zero-order valence-corrected chi connectivity index (χ0v) is 13.6. The van der Waals surface area contributed by atoms with Crippen molar-refractivity contribution in [3.05, 3.63) is 35.7 Å². The molecule has 3 rings (SSSR count). The van der Waals surface area contributed by atoms with Crippen LogP contribution in [0.3, 0.4) is 0 Å². The standard InChI is InChI=1S/C17H24N4O/c1-4-16-18-17(20(3)19-16)15-7-5-14(6-8-15)13(2)21-9-11-22-12-10-21/h5-8,13H,4,9-12H2,1-3H3/t13-/m1/s1. The number of aryl methyl sites for hydroxylation is 2. The van der Waals surface area contributed by atoms with Crippen LogP contribution in [0.25, 0.3) is 11.4 Å². The Morgan fingerprint density at radius 1 is 1.18 bits per heavy atom. The lowest BCUT2D eigenvalue weighted by atomic mass is 10.0. The van der Waals surface area contributed by atoms with Gasteiger partial charge < -0.3 is 4.74 Å². The highest BCUT2D eigenvalue weighted by atomic mass is 16.5. The molecule has 1 aromatic carbocycles. The molecule has 1 aliphatic heterocycles. The van der Waals surface area contributed by atoms with Crippen LogP contribution in [0.2, 0.25) is 0 Å². The van der Waals surface area contributed by atoms with Gasteiger partial charge in [-0.25, -0.2) is 9.67 Å². The van der Waals surface area contributed by atoms with Crippen molar-refractivity contribution in [1.82, 2.24) is 19.7 Å². The van der Waals surface area contributed by atoms with Gasteiger partial charge in [-0.3, -0.25) is 4.90 Å². The summed E-state index contributed by atoms with van der Waals surface area (Å²) in [6.45, 7) is 8.02. The molecule has 1 fully saturated rings. The quantitative estimate of drug-likeness (QED) is 0.870. The average Bonchev–Trinajstić information content (AvgIpc) is 2.96. The van der Waals surface area contributed by atoms with Gasteiger partial charge in [0.1, 0.15) is 0 Å². The summed E-state index contributed by atoms with van der Waals surface area (Å²) in [4.78, 5) is 7.06. The summed E-state index contributed by atoms with van der Waals surface area (Å²) < 4.78 is 7.29. The predicted octanol–water partition coefficient (Wildman–Crippen LogP) is 2.44. The van der Waals surface area contributed by atoms with E-state index >= 15 is 0 Å². The Bertz CT molecular complexity index is 614. The SMILES string of the molecule is CCc1nc(-c2ccc([C@@H](C)N3CCOCC3)cc2)n(C)n1. The van der Waals surface area contributed by atoms with Crippen LogP contribution in [0.1, 0.15) is 31.3 Å². The van der Waals surface area contributed by atoms with Gasteiger partial charge in [0.25, 0.3) is 0 Å². The molecule has 1 atom stereocenters. The van der Waals surface area contributed by atoms with E-state index in [0.717, 1.165) is 49.9 Å². The Morgan fingerprint density at radius 2 is 1.86 bits per heavy atom. The van der Waals surface area contributed by atoms with Crippen molar-refractivity contribution in [1.29, 1.82) is 0 Å². The lowest BCUT2D eigenvalue weighted by Gasteiger charge is -2.32. The minimum absolute atomic E-state index is 0.420. The van der Waals surface area contributed by atoms with Crippen LogP contribution >= 0.6 is 0 Å². The van der Waals surface area contributed by atoms with Crippen molar-refractivity contribution in [2.75, 3.05) is 26.3 Å². The fraction of sp³-hybridized carbons (Fsp3) is 0.529. The van der Waals surface area contributed by atoms with Crippen molar-refractivity contribution in [2.45, 2.75) is 26.3 Å². The Kier molecular flexibility index (Phi) is 4.55. The van der Waals surface area contributed by atoms with E-state index < -0.39 is 0 Å². The van der Waals surface area contributed by atoms with E-state index in [4.69, 9.17) is 4.74 Å². The van der Waals surface area contributed by atoms with E-state index in [2.05, 4.69) is 53.1 Å². The Hall–Kier alpha value is -1.72. The highest BCUT2D eigenvalue weighted by Crippen LogP contribution is 2.24. The Morgan fingerprint density at radius 3 is 2.45 bits per heavy atom. The molecule has 22 heavy (non-hydrogen) atoms. The zero-order valence-electron chi connectivity index (χ0n) is 13.6. The maximum atomic E-state index is 5.43. The van der Waals surface area contributed by atoms with E-state index in [1.54, 1.807) is 0 Å². The smallest absolute Gasteiger partial charge is 0.158 e. The second-order valence-corrected chi connectivity index (χ2v) is 5.78. The van der Waals surface area contributed by atoms with Crippen LogP contribution in [-0.2, 0) is 18.2 Å². The first-order valence-corrected chi connectivity index (χ1v) is 8.01. The van der Waals surface area contributed by atoms with Gasteiger partial charge in [-0.2, -0.15) is 5.10 Å². The molecule has 0 radical (unpaired) electrons. The monoisotopic (exact) mass is 300 g/mol. The predicted molar refractivity (Wildman–Crippen MR) is 86.6 cm³/mol. The van der Waals surface area contributed by atoms with E-state index in [-0.39, 0.29) is 0 Å². The van der Waals surface area contributed by atoms with Gasteiger partial charge in [-0.05, 0) is 12.5 Å². The molecule has 0 spiro atoms. The van der Waals surface area contributed by atoms with Crippen molar-refractivity contribution >= 4 is 0 Å². The first-order chi connectivity index (χ1) is 10.7. The number of hydrogen-bond acceptors (Lipinski definition) is 4. The molecule has 2 aromatic rings. The molecule has 0 aliphatic carbocycles. The third-order valence-corrected chi connectivity index (χ3v) is 4.37. The highest BCUT2D eigenvalue weighted by molar-refractivity contribution is 5.55. The van der Waals surface area contributed by atoms with Crippen molar-refractivity contribution < 1.29 is 4.74 Å². The fourth-order valence-electron chi connectivity index (χ4n) is 2.92. The molecule has 1 aliphatic rings. The summed E-state index contributed by atoms with van der Waals surface area (Å²) in [5.74, 6) is 1.82. The second kappa shape index (κ2) is 6.58. The first kappa shape index (κ1) is 15.2. The lowest BCUT2D eigenvalue weighted by molar-refractivity contribution is 0.0198. The molecular weight excluding hydrogens is 276 g/mol. The molecule has 0 N–H and O–H groups in total. The zero-order chi connectivity index (χ0) is 15.5. The third kappa shape index (κ3) is 3.05. The minimum atomic E-state index is 0.420. The topological polar surface area (TPSA) is 43.2 Å². The van der Waals surface area contributed by atoms with E-state index in [1.807, 2.05) is 11.7 Å². The van der Waals surface area contributed by atoms with Crippen LogP contribution in [0.5, 0.6) is 0 Å². The summed E-state index contributed by atoms with van der Waals surface area (Å²) in [5.41, 5.74) is 2.45. The molecule has 0 unspecified atom stereocenters. The van der Waals surface area contributed by atoms with Crippen LogP contribution in [0.15, 0.2) is 24.3 Å². The highest BCUT2D eigenvalue weighted by Gasteiger charge is 2.18. The second-order valence-electron chi connectivity index (χ2n) is 5.78. The van der Waals surface area contributed by atoms with Crippen molar-refractivity contribution in [2.24, 2.45) is 7.05 Å². The molecule has 118 valence electrons. The number of morpholine rings is 1. The van der Waals surface area contributed by atoms with Gasteiger partial charge in [0.2, 0.25) is 0 Å². The summed E-state index contributed by atoms with van der Waals surface area (Å²) >= 11 is 0. The lowest BCUT2D eigenvalue weighted by Crippen LogP contribution is -2.37. The van der Waals surface area contributed by atoms with Crippen LogP contribution in [0, 0.1) is 0 Å². The third-order valence-electron chi connectivity index (χ3n) is 4.37. The number of aromatic nitrogens is 3. The van der Waals surface area contributed by atoms with E-state index in [1.165, 1.54) is 5.56 Å². The number of nitrogens with zero attached hydrogens (tertiary/aromatic N) is 4. The Labute approximate surface area is 131 Å². The number of hydrogen-bond donors (Lipinski definition) is 0. The van der Waals surface area contributed by atoms with Gasteiger partial charge in [-0.15, -0.1) is 0 Å². The molecule has 0 bridgehead atoms. The first-order valence-electron chi connectivity index (χ1n) is 8.01. The number of benzene rings is 1. The van der Waals surface area contributed by atoms with Gasteiger partial charge in [0, 0.05) is 38.2 Å². The molecule has 0 saturated carbocycles. The average molecular weight is 300 g/mol. The van der Waals surface area contributed by atoms with Crippen molar-refractivity contribution in [3.63, 3.8) is 0 Å². The molecule has 5 nitrogen and oxygen atoms in total. The Balaban J connectivity index is 1.78. The molecule has 0 amide bonds. The molecule has 5 heteroatoms. The molecule has 2 heterocycles. The summed E-state index contributed by atoms with van der Waals surface area (Å²) in [7, 11) is 1.95. The fourth-order valence-corrected chi connectivity index (χ4v) is 2.92. The van der Waals surface area contributed by atoms with Crippen LogP contribution in [0.4, 0.5) is 0 Å². The summed E-state index contributed by atoms with van der Waals surface area (Å²) in [6.07, 6.45) is 0.861. The summed E-state index contributed by atoms with van der Waals surface area (Å²) in [5, 5.41) is 4.42. The van der Waals surface area contributed by atoms with Gasteiger partial charge in [0.05, 0.1) is 13.2 Å². The molecular formula is C17H24N4O. The molecule has 1 saturated heterocycles. The minimum Gasteiger partial charge on any atom is -0.379 e. The van der Waals surface area contributed by atoms with Crippen LogP contribution in [-0.4, -0.2) is 46.0 Å². The van der Waals surface area contributed by atoms with Gasteiger partial charge in [0.15, 0.2) is 11.6 Å². The molecule has 1 aromatic heterocycles. The van der Waals surface area contributed by atoms with E-state index in [0.29, 0.717) is 6.04 Å². The number of ether oxygens (including phenoxy) is 1. The normalized spacial score (nSPS) is 17.6. The maximum absolute atomic E-state index is 5.43. The van der Waals surface area contributed by atoms with Crippen molar-refractivity contribution in [3.8, 4) is 11.4 Å². The van der Waals surface area contributed by atoms with E-state index in [9.17, 15) is 0 Å². The van der Waals surface area contributed by atoms with Crippen LogP contribution < -0.4 is 0 Å². The largest absolute Gasteiger partial charge is 0.379 e. The van der Waals surface area contributed by atoms with Gasteiger partial charge in [-0.1, -0.05) is 31.2 Å². The summed E-state index contributed by atoms with van der Waals surface area (Å²) in [6, 6.07) is 9.13. The van der Waals surface area contributed by atoms with Gasteiger partial charge >= 0.3 is 0 Å².